The Kier molecular flexibility index (Phi) is 5.33. The molecule has 4 nitrogen and oxygen atoms in total. The maximum atomic E-state index is 12.1. The van der Waals surface area contributed by atoms with Gasteiger partial charge in [0.2, 0.25) is 5.91 Å². The van der Waals surface area contributed by atoms with Crippen LogP contribution in [0.25, 0.3) is 11.1 Å². The third-order valence-electron chi connectivity index (χ3n) is 3.27. The van der Waals surface area contributed by atoms with Crippen LogP contribution in [0.1, 0.15) is 35.7 Å². The molecule has 0 radical (unpaired) electrons. The molecule has 0 atom stereocenters. The van der Waals surface area contributed by atoms with E-state index >= 15 is 0 Å². The lowest BCUT2D eigenvalue weighted by Crippen LogP contribution is -2.13. The van der Waals surface area contributed by atoms with Crippen LogP contribution in [-0.2, 0) is 9.53 Å². The number of carbonyl (C=O) groups is 2. The summed E-state index contributed by atoms with van der Waals surface area (Å²) < 4.78 is 4.88. The zero-order valence-electron chi connectivity index (χ0n) is 12.9. The smallest absolute Gasteiger partial charge is 0.341 e. The molecular formula is C17H19NO3S. The molecule has 5 heteroatoms. The van der Waals surface area contributed by atoms with E-state index in [1.54, 1.807) is 0 Å². The van der Waals surface area contributed by atoms with Crippen molar-refractivity contribution in [2.24, 2.45) is 0 Å². The second-order valence-electron chi connectivity index (χ2n) is 5.01. The topological polar surface area (TPSA) is 55.4 Å². The molecule has 0 aliphatic carbocycles. The van der Waals surface area contributed by atoms with Gasteiger partial charge in [-0.3, -0.25) is 4.79 Å². The fourth-order valence-electron chi connectivity index (χ4n) is 2.12. The Balaban J connectivity index is 2.42. The number of hydrogen-bond donors (Lipinski definition) is 1. The summed E-state index contributed by atoms with van der Waals surface area (Å²) in [6, 6.07) is 7.90. The molecule has 0 saturated carbocycles. The van der Waals surface area contributed by atoms with Crippen LogP contribution in [0.4, 0.5) is 5.00 Å². The maximum absolute atomic E-state index is 12.1. The molecule has 0 bridgehead atoms. The Morgan fingerprint density at radius 1 is 1.23 bits per heavy atom. The fraction of sp³-hybridized carbons (Fsp3) is 0.294. The Hall–Kier alpha value is -2.14. The molecule has 1 heterocycles. The zero-order valence-corrected chi connectivity index (χ0v) is 13.8. The number of ether oxygens (including phenoxy) is 1. The highest BCUT2D eigenvalue weighted by molar-refractivity contribution is 7.15. The second kappa shape index (κ2) is 7.22. The molecule has 22 heavy (non-hydrogen) atoms. The molecule has 0 aliphatic heterocycles. The minimum atomic E-state index is -0.441. The van der Waals surface area contributed by atoms with Crippen LogP contribution in [0.2, 0.25) is 0 Å². The van der Waals surface area contributed by atoms with Crippen LogP contribution in [-0.4, -0.2) is 19.0 Å². The third kappa shape index (κ3) is 3.54. The standard InChI is InChI=1S/C17H19NO3S/c1-4-5-14(19)18-16-15(17(20)21-3)13(10-22-16)12-8-6-11(2)7-9-12/h6-10H,4-5H2,1-3H3,(H,18,19). The first-order chi connectivity index (χ1) is 10.6. The zero-order chi connectivity index (χ0) is 16.1. The molecule has 0 spiro atoms. The molecule has 0 aliphatic rings. The van der Waals surface area contributed by atoms with Crippen LogP contribution in [0.15, 0.2) is 29.6 Å². The molecule has 1 N–H and O–H groups in total. The highest BCUT2D eigenvalue weighted by Crippen LogP contribution is 2.36. The van der Waals surface area contributed by atoms with Crippen molar-refractivity contribution in [2.75, 3.05) is 12.4 Å². The van der Waals surface area contributed by atoms with Gasteiger partial charge in [-0.05, 0) is 18.9 Å². The van der Waals surface area contributed by atoms with E-state index in [0.717, 1.165) is 23.1 Å². The summed E-state index contributed by atoms with van der Waals surface area (Å²) in [6.07, 6.45) is 1.19. The van der Waals surface area contributed by atoms with Gasteiger partial charge < -0.3 is 10.1 Å². The summed E-state index contributed by atoms with van der Waals surface area (Å²) in [7, 11) is 1.34. The predicted molar refractivity (Wildman–Crippen MR) is 89.4 cm³/mol. The van der Waals surface area contributed by atoms with Crippen LogP contribution in [0.3, 0.4) is 0 Å². The van der Waals surface area contributed by atoms with E-state index in [2.05, 4.69) is 5.32 Å². The summed E-state index contributed by atoms with van der Waals surface area (Å²) in [5.74, 6) is -0.534. The lowest BCUT2D eigenvalue weighted by molar-refractivity contribution is -0.116. The lowest BCUT2D eigenvalue weighted by Gasteiger charge is -2.07. The number of nitrogens with one attached hydrogen (secondary N) is 1. The van der Waals surface area contributed by atoms with Gasteiger partial charge in [-0.1, -0.05) is 36.8 Å². The molecule has 0 unspecified atom stereocenters. The number of anilines is 1. The molecule has 1 aromatic carbocycles. The minimum Gasteiger partial charge on any atom is -0.465 e. The molecule has 0 fully saturated rings. The number of carbonyl (C=O) groups excluding carboxylic acids is 2. The van der Waals surface area contributed by atoms with E-state index < -0.39 is 5.97 Å². The average molecular weight is 317 g/mol. The Morgan fingerprint density at radius 3 is 2.50 bits per heavy atom. The van der Waals surface area contributed by atoms with Gasteiger partial charge in [0.15, 0.2) is 0 Å². The van der Waals surface area contributed by atoms with Gasteiger partial charge in [-0.25, -0.2) is 4.79 Å². The van der Waals surface area contributed by atoms with E-state index in [9.17, 15) is 9.59 Å². The molecule has 0 saturated heterocycles. The molecule has 2 rings (SSSR count). The number of hydrogen-bond acceptors (Lipinski definition) is 4. The number of methoxy groups -OCH3 is 1. The number of esters is 1. The second-order valence-corrected chi connectivity index (χ2v) is 5.89. The van der Waals surface area contributed by atoms with Crippen LogP contribution < -0.4 is 5.32 Å². The Bertz CT molecular complexity index is 674. The van der Waals surface area contributed by atoms with E-state index in [1.165, 1.54) is 18.4 Å². The van der Waals surface area contributed by atoms with Gasteiger partial charge in [0, 0.05) is 17.4 Å². The normalized spacial score (nSPS) is 10.3. The summed E-state index contributed by atoms with van der Waals surface area (Å²) in [4.78, 5) is 23.9. The number of aryl methyl sites for hydroxylation is 1. The van der Waals surface area contributed by atoms with E-state index in [-0.39, 0.29) is 5.91 Å². The number of benzene rings is 1. The van der Waals surface area contributed by atoms with Gasteiger partial charge >= 0.3 is 5.97 Å². The van der Waals surface area contributed by atoms with Crippen LogP contribution >= 0.6 is 11.3 Å². The van der Waals surface area contributed by atoms with E-state index in [4.69, 9.17) is 4.74 Å². The predicted octanol–water partition coefficient (Wildman–Crippen LogP) is 4.25. The Morgan fingerprint density at radius 2 is 1.91 bits per heavy atom. The van der Waals surface area contributed by atoms with Crippen molar-refractivity contribution in [3.8, 4) is 11.1 Å². The summed E-state index contributed by atoms with van der Waals surface area (Å²) in [5.41, 5.74) is 3.28. The molecule has 116 valence electrons. The van der Waals surface area contributed by atoms with Crippen molar-refractivity contribution in [3.05, 3.63) is 40.8 Å². The van der Waals surface area contributed by atoms with Crippen molar-refractivity contribution in [1.82, 2.24) is 0 Å². The molecule has 2 aromatic rings. The maximum Gasteiger partial charge on any atom is 0.341 e. The highest BCUT2D eigenvalue weighted by atomic mass is 32.1. The molecule has 1 aromatic heterocycles. The average Bonchev–Trinajstić information content (AvgIpc) is 2.91. The summed E-state index contributed by atoms with van der Waals surface area (Å²) in [5, 5.41) is 5.22. The summed E-state index contributed by atoms with van der Waals surface area (Å²) >= 11 is 1.34. The van der Waals surface area contributed by atoms with Gasteiger partial charge in [0.05, 0.1) is 7.11 Å². The van der Waals surface area contributed by atoms with Gasteiger partial charge in [-0.15, -0.1) is 11.3 Å². The van der Waals surface area contributed by atoms with Gasteiger partial charge in [0.1, 0.15) is 10.6 Å². The van der Waals surface area contributed by atoms with Crippen molar-refractivity contribution < 1.29 is 14.3 Å². The van der Waals surface area contributed by atoms with Crippen molar-refractivity contribution in [2.45, 2.75) is 26.7 Å². The summed E-state index contributed by atoms with van der Waals surface area (Å²) in [6.45, 7) is 3.95. The van der Waals surface area contributed by atoms with Crippen LogP contribution in [0, 0.1) is 6.92 Å². The Labute approximate surface area is 134 Å². The quantitative estimate of drug-likeness (QED) is 0.839. The van der Waals surface area contributed by atoms with E-state index in [1.807, 2.05) is 43.5 Å². The largest absolute Gasteiger partial charge is 0.465 e. The van der Waals surface area contributed by atoms with Crippen molar-refractivity contribution >= 4 is 28.2 Å². The van der Waals surface area contributed by atoms with Gasteiger partial charge in [-0.2, -0.15) is 0 Å². The highest BCUT2D eigenvalue weighted by Gasteiger charge is 2.22. The third-order valence-corrected chi connectivity index (χ3v) is 4.17. The number of amides is 1. The number of thiophene rings is 1. The first-order valence-electron chi connectivity index (χ1n) is 7.13. The van der Waals surface area contributed by atoms with Gasteiger partial charge in [0.25, 0.3) is 0 Å². The lowest BCUT2D eigenvalue weighted by atomic mass is 10.0. The first kappa shape index (κ1) is 16.2. The van der Waals surface area contributed by atoms with Crippen molar-refractivity contribution in [3.63, 3.8) is 0 Å². The SMILES string of the molecule is CCCC(=O)Nc1scc(-c2ccc(C)cc2)c1C(=O)OC. The molecule has 1 amide bonds. The van der Waals surface area contributed by atoms with E-state index in [0.29, 0.717) is 17.0 Å². The monoisotopic (exact) mass is 317 g/mol. The fourth-order valence-corrected chi connectivity index (χ4v) is 3.09. The molecular weight excluding hydrogens is 298 g/mol. The van der Waals surface area contributed by atoms with Crippen LogP contribution in [0.5, 0.6) is 0 Å². The minimum absolute atomic E-state index is 0.0926. The first-order valence-corrected chi connectivity index (χ1v) is 8.01. The van der Waals surface area contributed by atoms with Crippen molar-refractivity contribution in [1.29, 1.82) is 0 Å². The number of rotatable bonds is 5.